The Hall–Kier alpha value is -2.12. The Morgan fingerprint density at radius 3 is 2.58 bits per heavy atom. The summed E-state index contributed by atoms with van der Waals surface area (Å²) in [5.74, 6) is 2.34. The number of carbonyl (C=O) groups excluding carboxylic acids is 1. The van der Waals surface area contributed by atoms with E-state index in [0.29, 0.717) is 18.5 Å². The van der Waals surface area contributed by atoms with Crippen LogP contribution in [0.5, 0.6) is 0 Å². The van der Waals surface area contributed by atoms with Gasteiger partial charge in [0.05, 0.1) is 6.54 Å². The van der Waals surface area contributed by atoms with Gasteiger partial charge >= 0.3 is 0 Å². The van der Waals surface area contributed by atoms with Crippen molar-refractivity contribution in [1.29, 1.82) is 0 Å². The largest absolute Gasteiger partial charge is 0.354 e. The first-order valence-corrected chi connectivity index (χ1v) is 8.57. The maximum Gasteiger partial charge on any atom is 0.241 e. The number of hydrogen-bond donors (Lipinski definition) is 2. The zero-order chi connectivity index (χ0) is 17.5. The van der Waals surface area contributed by atoms with Gasteiger partial charge in [-0.05, 0) is 19.8 Å². The van der Waals surface area contributed by atoms with Crippen molar-refractivity contribution in [3.63, 3.8) is 0 Å². The molecule has 0 aromatic carbocycles. The van der Waals surface area contributed by atoms with Crippen molar-refractivity contribution in [3.8, 4) is 0 Å². The van der Waals surface area contributed by atoms with Crippen molar-refractivity contribution in [2.45, 2.75) is 51.6 Å². The second-order valence-electron chi connectivity index (χ2n) is 6.51. The fourth-order valence-corrected chi connectivity index (χ4v) is 2.65. The minimum atomic E-state index is 0.0163. The van der Waals surface area contributed by atoms with Crippen LogP contribution in [0.15, 0.2) is 4.99 Å². The van der Waals surface area contributed by atoms with Crippen LogP contribution in [0.3, 0.4) is 0 Å². The number of nitrogens with one attached hydrogen (secondary N) is 2. The Labute approximate surface area is 143 Å². The van der Waals surface area contributed by atoms with Crippen LogP contribution in [-0.2, 0) is 18.4 Å². The number of guanidine groups is 1. The first-order valence-electron chi connectivity index (χ1n) is 8.57. The van der Waals surface area contributed by atoms with Gasteiger partial charge in [-0.3, -0.25) is 4.79 Å². The van der Waals surface area contributed by atoms with Crippen molar-refractivity contribution < 1.29 is 4.79 Å². The van der Waals surface area contributed by atoms with Crippen molar-refractivity contribution >= 4 is 11.9 Å². The summed E-state index contributed by atoms with van der Waals surface area (Å²) in [6, 6.07) is 0.417. The van der Waals surface area contributed by atoms with E-state index in [1.807, 2.05) is 18.5 Å². The van der Waals surface area contributed by atoms with Crippen molar-refractivity contribution in [2.75, 3.05) is 20.6 Å². The summed E-state index contributed by atoms with van der Waals surface area (Å²) in [4.78, 5) is 18.0. The van der Waals surface area contributed by atoms with E-state index in [9.17, 15) is 4.79 Å². The van der Waals surface area contributed by atoms with E-state index in [0.717, 1.165) is 24.5 Å². The second-order valence-corrected chi connectivity index (χ2v) is 6.51. The maximum absolute atomic E-state index is 11.8. The van der Waals surface area contributed by atoms with E-state index in [2.05, 4.69) is 25.8 Å². The first-order chi connectivity index (χ1) is 11.5. The molecule has 1 aliphatic carbocycles. The number of aryl methyl sites for hydroxylation is 1. The molecule has 1 aromatic heterocycles. The molecule has 8 heteroatoms. The molecule has 0 unspecified atom stereocenters. The number of aromatic nitrogens is 3. The third kappa shape index (κ3) is 5.21. The summed E-state index contributed by atoms with van der Waals surface area (Å²) >= 11 is 0. The Kier molecular flexibility index (Phi) is 6.57. The van der Waals surface area contributed by atoms with Crippen LogP contribution < -0.4 is 10.6 Å². The highest BCUT2D eigenvalue weighted by atomic mass is 16.2. The van der Waals surface area contributed by atoms with Gasteiger partial charge in [0.1, 0.15) is 12.4 Å². The predicted molar refractivity (Wildman–Crippen MR) is 93.6 cm³/mol. The highest BCUT2D eigenvalue weighted by Gasteiger charge is 2.16. The standard InChI is InChI=1S/C16H29N7O/c1-12-20-21-14(23(12)4)10-17-16(18-11-15(24)22(2)3)19-13-8-6-5-7-9-13/h13H,5-11H2,1-4H3,(H2,17,18,19). The van der Waals surface area contributed by atoms with Gasteiger partial charge in [-0.1, -0.05) is 19.3 Å². The highest BCUT2D eigenvalue weighted by molar-refractivity contribution is 5.86. The van der Waals surface area contributed by atoms with Crippen LogP contribution in [0.25, 0.3) is 0 Å². The maximum atomic E-state index is 11.8. The zero-order valence-corrected chi connectivity index (χ0v) is 15.2. The molecule has 0 aliphatic heterocycles. The third-order valence-electron chi connectivity index (χ3n) is 4.41. The molecule has 0 atom stereocenters. The van der Waals surface area contributed by atoms with Gasteiger partial charge < -0.3 is 20.1 Å². The van der Waals surface area contributed by atoms with Crippen molar-refractivity contribution in [2.24, 2.45) is 12.0 Å². The number of aliphatic imine (C=N–C) groups is 1. The summed E-state index contributed by atoms with van der Waals surface area (Å²) < 4.78 is 1.92. The molecule has 134 valence electrons. The Bertz CT molecular complexity index is 573. The molecule has 1 heterocycles. The molecule has 0 radical (unpaired) electrons. The monoisotopic (exact) mass is 335 g/mol. The van der Waals surface area contributed by atoms with Gasteiger partial charge in [0.15, 0.2) is 11.8 Å². The summed E-state index contributed by atoms with van der Waals surface area (Å²) in [5.41, 5.74) is 0. The lowest BCUT2D eigenvalue weighted by atomic mass is 9.96. The average molecular weight is 335 g/mol. The van der Waals surface area contributed by atoms with E-state index < -0.39 is 0 Å². The van der Waals surface area contributed by atoms with Crippen LogP contribution in [0.4, 0.5) is 0 Å². The highest BCUT2D eigenvalue weighted by Crippen LogP contribution is 2.17. The molecule has 2 rings (SSSR count). The van der Waals surface area contributed by atoms with E-state index in [-0.39, 0.29) is 12.5 Å². The van der Waals surface area contributed by atoms with E-state index in [1.165, 1.54) is 19.3 Å². The zero-order valence-electron chi connectivity index (χ0n) is 15.2. The van der Waals surface area contributed by atoms with Crippen LogP contribution >= 0.6 is 0 Å². The molecule has 1 fully saturated rings. The smallest absolute Gasteiger partial charge is 0.241 e. The summed E-state index contributed by atoms with van der Waals surface area (Å²) in [5, 5.41) is 14.8. The van der Waals surface area contributed by atoms with Crippen molar-refractivity contribution in [3.05, 3.63) is 11.6 Å². The summed E-state index contributed by atoms with van der Waals surface area (Å²) in [6.07, 6.45) is 6.07. The van der Waals surface area contributed by atoms with Crippen molar-refractivity contribution in [1.82, 2.24) is 30.3 Å². The molecule has 0 spiro atoms. The summed E-state index contributed by atoms with van der Waals surface area (Å²) in [7, 11) is 5.42. The molecule has 2 N–H and O–H groups in total. The molecule has 1 amide bonds. The lowest BCUT2D eigenvalue weighted by Crippen LogP contribution is -2.47. The molecule has 1 aromatic rings. The van der Waals surface area contributed by atoms with E-state index >= 15 is 0 Å². The molecule has 0 bridgehead atoms. The van der Waals surface area contributed by atoms with Crippen LogP contribution in [0.1, 0.15) is 43.8 Å². The van der Waals surface area contributed by atoms with E-state index in [4.69, 9.17) is 0 Å². The lowest BCUT2D eigenvalue weighted by Gasteiger charge is -2.25. The number of hydrogen-bond acceptors (Lipinski definition) is 4. The SMILES string of the molecule is Cc1nnc(CN=C(NCC(=O)N(C)C)NC2CCCCC2)n1C. The molecule has 0 saturated heterocycles. The third-order valence-corrected chi connectivity index (χ3v) is 4.41. The number of nitrogens with zero attached hydrogens (tertiary/aromatic N) is 5. The molecule has 1 saturated carbocycles. The van der Waals surface area contributed by atoms with Crippen LogP contribution in [0, 0.1) is 6.92 Å². The Morgan fingerprint density at radius 1 is 1.29 bits per heavy atom. The predicted octanol–water partition coefficient (Wildman–Crippen LogP) is 0.580. The molecule has 1 aliphatic rings. The average Bonchev–Trinajstić information content (AvgIpc) is 2.89. The van der Waals surface area contributed by atoms with Gasteiger partial charge in [0.2, 0.25) is 5.91 Å². The molecular weight excluding hydrogens is 306 g/mol. The minimum absolute atomic E-state index is 0.0163. The van der Waals surface area contributed by atoms with E-state index in [1.54, 1.807) is 19.0 Å². The van der Waals surface area contributed by atoms with Gasteiger partial charge in [-0.15, -0.1) is 10.2 Å². The van der Waals surface area contributed by atoms with Gasteiger partial charge in [-0.2, -0.15) is 0 Å². The number of rotatable bonds is 5. The fraction of sp³-hybridized carbons (Fsp3) is 0.750. The summed E-state index contributed by atoms with van der Waals surface area (Å²) in [6.45, 7) is 2.56. The van der Waals surface area contributed by atoms with Gasteiger partial charge in [0, 0.05) is 27.2 Å². The topological polar surface area (TPSA) is 87.4 Å². The van der Waals surface area contributed by atoms with Gasteiger partial charge in [0.25, 0.3) is 0 Å². The quantitative estimate of drug-likeness (QED) is 0.607. The second kappa shape index (κ2) is 8.65. The number of amides is 1. The lowest BCUT2D eigenvalue weighted by molar-refractivity contribution is -0.127. The Balaban J connectivity index is 2.01. The minimum Gasteiger partial charge on any atom is -0.354 e. The number of carbonyl (C=O) groups is 1. The van der Waals surface area contributed by atoms with Gasteiger partial charge in [-0.25, -0.2) is 4.99 Å². The first kappa shape index (κ1) is 18.2. The number of likely N-dealkylation sites (N-methyl/N-ethyl adjacent to an activating group) is 1. The fourth-order valence-electron chi connectivity index (χ4n) is 2.65. The molecular formula is C16H29N7O. The molecule has 24 heavy (non-hydrogen) atoms. The Morgan fingerprint density at radius 2 is 2.00 bits per heavy atom. The van der Waals surface area contributed by atoms with Crippen LogP contribution in [0.2, 0.25) is 0 Å². The normalized spacial score (nSPS) is 16.1. The van der Waals surface area contributed by atoms with Crippen LogP contribution in [-0.4, -0.2) is 58.2 Å². The molecule has 8 nitrogen and oxygen atoms in total.